The Morgan fingerprint density at radius 2 is 1.65 bits per heavy atom. The van der Waals surface area contributed by atoms with Crippen molar-refractivity contribution in [3.05, 3.63) is 35.9 Å². The normalized spacial score (nSPS) is 12.6. The van der Waals surface area contributed by atoms with Crippen molar-refractivity contribution in [2.75, 3.05) is 0 Å². The first kappa shape index (κ1) is 14.2. The summed E-state index contributed by atoms with van der Waals surface area (Å²) in [5, 5.41) is 0. The summed E-state index contributed by atoms with van der Waals surface area (Å²) < 4.78 is 29.1. The number of hydrogen-bond acceptors (Lipinski definition) is 3. The fourth-order valence-corrected chi connectivity index (χ4v) is 2.99. The molecule has 0 unspecified atom stereocenters. The average molecular weight is 256 g/mol. The standard InChI is InChI=1S/C13H20O3S/c1-4-13(3,5-2)16-17(14,15)11-12-9-7-6-8-10-12/h6-10H,4-5,11H2,1-3H3. The van der Waals surface area contributed by atoms with E-state index in [0.717, 1.165) is 5.56 Å². The van der Waals surface area contributed by atoms with Crippen LogP contribution in [0.4, 0.5) is 0 Å². The molecule has 0 radical (unpaired) electrons. The van der Waals surface area contributed by atoms with E-state index < -0.39 is 15.7 Å². The molecule has 0 saturated carbocycles. The molecule has 0 fully saturated rings. The Balaban J connectivity index is 2.77. The van der Waals surface area contributed by atoms with Gasteiger partial charge in [-0.25, -0.2) is 0 Å². The van der Waals surface area contributed by atoms with Gasteiger partial charge in [-0.2, -0.15) is 8.42 Å². The lowest BCUT2D eigenvalue weighted by Gasteiger charge is -2.26. The molecule has 0 aromatic heterocycles. The van der Waals surface area contributed by atoms with E-state index in [1.165, 1.54) is 0 Å². The minimum Gasteiger partial charge on any atom is -0.263 e. The highest BCUT2D eigenvalue weighted by Gasteiger charge is 2.28. The van der Waals surface area contributed by atoms with Gasteiger partial charge in [-0.05, 0) is 25.3 Å². The van der Waals surface area contributed by atoms with Crippen molar-refractivity contribution in [1.29, 1.82) is 0 Å². The molecule has 0 aliphatic rings. The third-order valence-corrected chi connectivity index (χ3v) is 4.35. The minimum atomic E-state index is -3.52. The van der Waals surface area contributed by atoms with Gasteiger partial charge in [0, 0.05) is 0 Å². The maximum Gasteiger partial charge on any atom is 0.272 e. The molecular weight excluding hydrogens is 236 g/mol. The zero-order chi connectivity index (χ0) is 12.9. The van der Waals surface area contributed by atoms with E-state index in [2.05, 4.69) is 0 Å². The van der Waals surface area contributed by atoms with Crippen LogP contribution in [-0.4, -0.2) is 14.0 Å². The maximum absolute atomic E-state index is 11.9. The summed E-state index contributed by atoms with van der Waals surface area (Å²) in [5.41, 5.74) is 0.162. The highest BCUT2D eigenvalue weighted by Crippen LogP contribution is 2.23. The second-order valence-corrected chi connectivity index (χ2v) is 6.00. The lowest BCUT2D eigenvalue weighted by atomic mass is 10.0. The van der Waals surface area contributed by atoms with Crippen LogP contribution in [0.3, 0.4) is 0 Å². The van der Waals surface area contributed by atoms with Crippen molar-refractivity contribution in [2.45, 2.75) is 45.0 Å². The second-order valence-electron chi connectivity index (χ2n) is 4.43. The molecule has 0 aliphatic heterocycles. The van der Waals surface area contributed by atoms with Crippen molar-refractivity contribution < 1.29 is 12.6 Å². The lowest BCUT2D eigenvalue weighted by Crippen LogP contribution is -2.30. The number of hydrogen-bond donors (Lipinski definition) is 0. The third-order valence-electron chi connectivity index (χ3n) is 3.01. The molecule has 0 amide bonds. The Morgan fingerprint density at radius 3 is 2.12 bits per heavy atom. The molecule has 4 heteroatoms. The summed E-state index contributed by atoms with van der Waals surface area (Å²) in [4.78, 5) is 0. The zero-order valence-corrected chi connectivity index (χ0v) is 11.5. The second kappa shape index (κ2) is 5.65. The van der Waals surface area contributed by atoms with Gasteiger partial charge in [0.05, 0.1) is 5.60 Å². The molecule has 0 bridgehead atoms. The average Bonchev–Trinajstić information content (AvgIpc) is 2.29. The van der Waals surface area contributed by atoms with Gasteiger partial charge >= 0.3 is 0 Å². The van der Waals surface area contributed by atoms with Crippen molar-refractivity contribution in [2.24, 2.45) is 0 Å². The van der Waals surface area contributed by atoms with E-state index >= 15 is 0 Å². The number of rotatable bonds is 6. The first-order valence-electron chi connectivity index (χ1n) is 5.88. The van der Waals surface area contributed by atoms with Gasteiger partial charge < -0.3 is 0 Å². The molecule has 1 aromatic rings. The van der Waals surface area contributed by atoms with Gasteiger partial charge in [0.25, 0.3) is 10.1 Å². The van der Waals surface area contributed by atoms with Crippen molar-refractivity contribution in [3.63, 3.8) is 0 Å². The Morgan fingerprint density at radius 1 is 1.12 bits per heavy atom. The van der Waals surface area contributed by atoms with Gasteiger partial charge in [0.2, 0.25) is 0 Å². The molecule has 0 aliphatic carbocycles. The Bertz CT molecular complexity index is 433. The van der Waals surface area contributed by atoms with Gasteiger partial charge in [-0.1, -0.05) is 44.2 Å². The predicted molar refractivity (Wildman–Crippen MR) is 69.1 cm³/mol. The first-order valence-corrected chi connectivity index (χ1v) is 7.46. The Labute approximate surface area is 104 Å². The third kappa shape index (κ3) is 4.48. The van der Waals surface area contributed by atoms with Crippen LogP contribution < -0.4 is 0 Å². The molecule has 1 rings (SSSR count). The van der Waals surface area contributed by atoms with Crippen molar-refractivity contribution in [3.8, 4) is 0 Å². The van der Waals surface area contributed by atoms with Crippen LogP contribution in [0.5, 0.6) is 0 Å². The van der Waals surface area contributed by atoms with Crippen LogP contribution in [0.25, 0.3) is 0 Å². The van der Waals surface area contributed by atoms with Crippen LogP contribution >= 0.6 is 0 Å². The van der Waals surface area contributed by atoms with E-state index in [1.54, 1.807) is 12.1 Å². The monoisotopic (exact) mass is 256 g/mol. The maximum atomic E-state index is 11.9. The van der Waals surface area contributed by atoms with Gasteiger partial charge in [-0.15, -0.1) is 0 Å². The molecule has 17 heavy (non-hydrogen) atoms. The van der Waals surface area contributed by atoms with Gasteiger partial charge in [0.15, 0.2) is 0 Å². The molecule has 0 N–H and O–H groups in total. The Kier molecular flexibility index (Phi) is 4.71. The van der Waals surface area contributed by atoms with Crippen LogP contribution in [0.2, 0.25) is 0 Å². The molecule has 0 spiro atoms. The van der Waals surface area contributed by atoms with Crippen LogP contribution in [0.1, 0.15) is 39.2 Å². The summed E-state index contributed by atoms with van der Waals surface area (Å²) in [6.45, 7) is 5.69. The molecule has 96 valence electrons. The molecule has 1 aromatic carbocycles. The van der Waals surface area contributed by atoms with Crippen molar-refractivity contribution >= 4 is 10.1 Å². The van der Waals surface area contributed by atoms with Crippen LogP contribution in [0, 0.1) is 0 Å². The lowest BCUT2D eigenvalue weighted by molar-refractivity contribution is 0.0880. The summed E-state index contributed by atoms with van der Waals surface area (Å²) in [5.74, 6) is -0.0660. The van der Waals surface area contributed by atoms with E-state index in [1.807, 2.05) is 39.0 Å². The van der Waals surface area contributed by atoms with Crippen molar-refractivity contribution in [1.82, 2.24) is 0 Å². The van der Waals surface area contributed by atoms with Gasteiger partial charge in [0.1, 0.15) is 5.75 Å². The summed E-state index contributed by atoms with van der Waals surface area (Å²) >= 11 is 0. The summed E-state index contributed by atoms with van der Waals surface area (Å²) in [6, 6.07) is 9.08. The van der Waals surface area contributed by atoms with Crippen LogP contribution in [0.15, 0.2) is 30.3 Å². The smallest absolute Gasteiger partial charge is 0.263 e. The Hall–Kier alpha value is -0.870. The quantitative estimate of drug-likeness (QED) is 0.734. The SMILES string of the molecule is CCC(C)(CC)OS(=O)(=O)Cc1ccccc1. The zero-order valence-electron chi connectivity index (χ0n) is 10.6. The molecular formula is C13H20O3S. The highest BCUT2D eigenvalue weighted by molar-refractivity contribution is 7.85. The number of benzene rings is 1. The fraction of sp³-hybridized carbons (Fsp3) is 0.538. The summed E-state index contributed by atoms with van der Waals surface area (Å²) in [6.07, 6.45) is 1.36. The van der Waals surface area contributed by atoms with E-state index in [9.17, 15) is 8.42 Å². The fourth-order valence-electron chi connectivity index (χ4n) is 1.48. The molecule has 0 saturated heterocycles. The minimum absolute atomic E-state index is 0.0660. The van der Waals surface area contributed by atoms with E-state index in [0.29, 0.717) is 12.8 Å². The highest BCUT2D eigenvalue weighted by atomic mass is 32.2. The molecule has 3 nitrogen and oxygen atoms in total. The molecule has 0 heterocycles. The topological polar surface area (TPSA) is 43.4 Å². The van der Waals surface area contributed by atoms with Crippen LogP contribution in [-0.2, 0) is 20.1 Å². The van der Waals surface area contributed by atoms with E-state index in [-0.39, 0.29) is 5.75 Å². The largest absolute Gasteiger partial charge is 0.272 e. The summed E-state index contributed by atoms with van der Waals surface area (Å²) in [7, 11) is -3.52. The first-order chi connectivity index (χ1) is 7.91. The van der Waals surface area contributed by atoms with Gasteiger partial charge in [-0.3, -0.25) is 4.18 Å². The molecule has 0 atom stereocenters. The predicted octanol–water partition coefficient (Wildman–Crippen LogP) is 3.11. The van der Waals surface area contributed by atoms with E-state index in [4.69, 9.17) is 4.18 Å².